The van der Waals surface area contributed by atoms with E-state index in [0.717, 1.165) is 0 Å². The lowest BCUT2D eigenvalue weighted by Crippen LogP contribution is -1.88. The van der Waals surface area contributed by atoms with Crippen molar-refractivity contribution >= 4 is 10.1 Å². The zero-order valence-electron chi connectivity index (χ0n) is 5.50. The minimum absolute atomic E-state index is 0.715. The summed E-state index contributed by atoms with van der Waals surface area (Å²) in [5.41, 5.74) is 0. The largest absolute Gasteiger partial charge is 0.286 e. The molecular weight excluding hydrogens is 140 g/mol. The molecule has 0 amide bonds. The van der Waals surface area contributed by atoms with Gasteiger partial charge >= 0.3 is 0 Å². The van der Waals surface area contributed by atoms with Gasteiger partial charge in [0.05, 0.1) is 6.26 Å². The molecule has 0 saturated heterocycles. The summed E-state index contributed by atoms with van der Waals surface area (Å²) in [4.78, 5) is 0. The van der Waals surface area contributed by atoms with E-state index in [1.807, 2.05) is 0 Å². The third-order valence-corrected chi connectivity index (χ3v) is 1.000. The summed E-state index contributed by atoms with van der Waals surface area (Å²) in [5.74, 6) is 0. The molecule has 1 fully saturated rings. The van der Waals surface area contributed by atoms with Crippen molar-refractivity contribution in [3.63, 3.8) is 0 Å². The third-order valence-electron chi connectivity index (χ3n) is 1.000. The van der Waals surface area contributed by atoms with Crippen LogP contribution in [0, 0.1) is 0 Å². The van der Waals surface area contributed by atoms with Crippen LogP contribution in [0.1, 0.15) is 25.7 Å². The predicted octanol–water partition coefficient (Wildman–Crippen LogP) is 1.06. The van der Waals surface area contributed by atoms with E-state index in [-0.39, 0.29) is 0 Å². The topological polar surface area (TPSA) is 54.4 Å². The van der Waals surface area contributed by atoms with Crippen LogP contribution in [0.15, 0.2) is 0 Å². The van der Waals surface area contributed by atoms with Gasteiger partial charge in [-0.2, -0.15) is 8.42 Å². The first-order chi connectivity index (χ1) is 4.00. The monoisotopic (exact) mass is 152 g/mol. The molecule has 0 radical (unpaired) electrons. The van der Waals surface area contributed by atoms with E-state index in [1.54, 1.807) is 0 Å². The van der Waals surface area contributed by atoms with Crippen LogP contribution in [0.5, 0.6) is 0 Å². The zero-order valence-corrected chi connectivity index (χ0v) is 6.32. The van der Waals surface area contributed by atoms with Crippen LogP contribution in [0.25, 0.3) is 0 Å². The Hall–Kier alpha value is -0.0900. The van der Waals surface area contributed by atoms with Crippen LogP contribution in [-0.4, -0.2) is 19.2 Å². The van der Waals surface area contributed by atoms with Crippen molar-refractivity contribution in [3.05, 3.63) is 0 Å². The summed E-state index contributed by atoms with van der Waals surface area (Å²) in [6.07, 6.45) is 6.72. The van der Waals surface area contributed by atoms with E-state index in [9.17, 15) is 8.42 Å². The highest BCUT2D eigenvalue weighted by atomic mass is 32.2. The van der Waals surface area contributed by atoms with Crippen LogP contribution in [0.4, 0.5) is 0 Å². The molecule has 4 heteroatoms. The van der Waals surface area contributed by atoms with Gasteiger partial charge in [-0.3, -0.25) is 4.55 Å². The number of hydrogen-bond donors (Lipinski definition) is 1. The standard InChI is InChI=1S/C4H8.CH4O3S/c1-2-4-3-1;1-5(2,3)4/h1-4H2;1H3,(H,2,3,4). The van der Waals surface area contributed by atoms with Crippen LogP contribution < -0.4 is 0 Å². The van der Waals surface area contributed by atoms with Crippen molar-refractivity contribution < 1.29 is 13.0 Å². The Morgan fingerprint density at radius 2 is 1.22 bits per heavy atom. The lowest BCUT2D eigenvalue weighted by molar-refractivity contribution is 0.490. The van der Waals surface area contributed by atoms with Crippen LogP contribution in [-0.2, 0) is 10.1 Å². The summed E-state index contributed by atoms with van der Waals surface area (Å²) in [6.45, 7) is 0. The molecule has 0 atom stereocenters. The molecule has 0 aromatic heterocycles. The molecule has 9 heavy (non-hydrogen) atoms. The van der Waals surface area contributed by atoms with Gasteiger partial charge < -0.3 is 0 Å². The summed E-state index contributed by atoms with van der Waals surface area (Å²) in [5, 5.41) is 0. The maximum absolute atomic E-state index is 9.19. The SMILES string of the molecule is C1CCC1.CS(=O)(=O)O. The molecule has 0 aliphatic heterocycles. The van der Waals surface area contributed by atoms with Gasteiger partial charge in [0, 0.05) is 0 Å². The van der Waals surface area contributed by atoms with Crippen LogP contribution >= 0.6 is 0 Å². The van der Waals surface area contributed by atoms with E-state index in [0.29, 0.717) is 6.26 Å². The molecule has 1 aliphatic rings. The van der Waals surface area contributed by atoms with Crippen molar-refractivity contribution in [1.29, 1.82) is 0 Å². The van der Waals surface area contributed by atoms with Gasteiger partial charge in [0.25, 0.3) is 10.1 Å². The lowest BCUT2D eigenvalue weighted by atomic mass is 10.0. The zero-order chi connectivity index (χ0) is 7.33. The van der Waals surface area contributed by atoms with Crippen molar-refractivity contribution in [2.75, 3.05) is 6.26 Å². The molecular formula is C5H12O3S. The quantitative estimate of drug-likeness (QED) is 0.528. The Kier molecular flexibility index (Phi) is 3.81. The molecule has 0 aromatic rings. The van der Waals surface area contributed by atoms with E-state index in [4.69, 9.17) is 4.55 Å². The molecule has 0 spiro atoms. The van der Waals surface area contributed by atoms with Crippen LogP contribution in [0.3, 0.4) is 0 Å². The molecule has 1 aliphatic carbocycles. The van der Waals surface area contributed by atoms with Gasteiger partial charge in [0.1, 0.15) is 0 Å². The van der Waals surface area contributed by atoms with Gasteiger partial charge in [0.15, 0.2) is 0 Å². The molecule has 0 heterocycles. The van der Waals surface area contributed by atoms with Gasteiger partial charge in [-0.1, -0.05) is 25.7 Å². The Labute approximate surface area is 55.8 Å². The molecule has 1 saturated carbocycles. The second kappa shape index (κ2) is 3.85. The lowest BCUT2D eigenvalue weighted by Gasteiger charge is -2.05. The molecule has 3 nitrogen and oxygen atoms in total. The van der Waals surface area contributed by atoms with Gasteiger partial charge in [-0.05, 0) is 0 Å². The Morgan fingerprint density at radius 3 is 1.22 bits per heavy atom. The number of hydrogen-bond acceptors (Lipinski definition) is 2. The van der Waals surface area contributed by atoms with Crippen molar-refractivity contribution in [2.24, 2.45) is 0 Å². The van der Waals surface area contributed by atoms with Gasteiger partial charge in [0.2, 0.25) is 0 Å². The summed E-state index contributed by atoms with van der Waals surface area (Å²) >= 11 is 0. The highest BCUT2D eigenvalue weighted by Crippen LogP contribution is 2.15. The Bertz CT molecular complexity index is 132. The fourth-order valence-corrected chi connectivity index (χ4v) is 0.250. The molecule has 0 aromatic carbocycles. The molecule has 0 bridgehead atoms. The Morgan fingerprint density at radius 1 is 1.11 bits per heavy atom. The van der Waals surface area contributed by atoms with Crippen molar-refractivity contribution in [1.82, 2.24) is 0 Å². The maximum Gasteiger partial charge on any atom is 0.261 e. The predicted molar refractivity (Wildman–Crippen MR) is 35.9 cm³/mol. The van der Waals surface area contributed by atoms with E-state index in [2.05, 4.69) is 0 Å². The summed E-state index contributed by atoms with van der Waals surface area (Å²) in [6, 6.07) is 0. The van der Waals surface area contributed by atoms with E-state index in [1.165, 1.54) is 25.7 Å². The molecule has 1 N–H and O–H groups in total. The minimum atomic E-state index is -3.67. The van der Waals surface area contributed by atoms with Gasteiger partial charge in [-0.25, -0.2) is 0 Å². The minimum Gasteiger partial charge on any atom is -0.286 e. The third kappa shape index (κ3) is 18.1. The van der Waals surface area contributed by atoms with E-state index < -0.39 is 10.1 Å². The fourth-order valence-electron chi connectivity index (χ4n) is 0.250. The first-order valence-corrected chi connectivity index (χ1v) is 4.77. The normalized spacial score (nSPS) is 17.1. The summed E-state index contributed by atoms with van der Waals surface area (Å²) in [7, 11) is -3.67. The first-order valence-electron chi connectivity index (χ1n) is 2.92. The smallest absolute Gasteiger partial charge is 0.261 e. The number of rotatable bonds is 0. The highest BCUT2D eigenvalue weighted by molar-refractivity contribution is 7.85. The fraction of sp³-hybridized carbons (Fsp3) is 1.00. The second-order valence-corrected chi connectivity index (χ2v) is 3.61. The summed E-state index contributed by atoms with van der Waals surface area (Å²) < 4.78 is 25.9. The second-order valence-electron chi connectivity index (χ2n) is 2.15. The average molecular weight is 152 g/mol. The van der Waals surface area contributed by atoms with Crippen molar-refractivity contribution in [3.8, 4) is 0 Å². The van der Waals surface area contributed by atoms with Crippen LogP contribution in [0.2, 0.25) is 0 Å². The maximum atomic E-state index is 9.19. The molecule has 0 unspecified atom stereocenters. The van der Waals surface area contributed by atoms with Crippen molar-refractivity contribution in [2.45, 2.75) is 25.7 Å². The molecule has 56 valence electrons. The van der Waals surface area contributed by atoms with Gasteiger partial charge in [-0.15, -0.1) is 0 Å². The average Bonchev–Trinajstić information content (AvgIpc) is 1.12. The first kappa shape index (κ1) is 8.91. The van der Waals surface area contributed by atoms with E-state index >= 15 is 0 Å². The molecule has 1 rings (SSSR count). The highest BCUT2D eigenvalue weighted by Gasteiger charge is 1.95. The Balaban J connectivity index is 0.000000144.